The SMILES string of the molecule is CC(=O)CC(=O)OCc1c2ccccc2cc2ccccc12. The maximum absolute atomic E-state index is 11.7. The lowest BCUT2D eigenvalue weighted by Crippen LogP contribution is -2.09. The number of ether oxygens (including phenoxy) is 1. The molecule has 0 heterocycles. The van der Waals surface area contributed by atoms with Gasteiger partial charge in [0.25, 0.3) is 0 Å². The van der Waals surface area contributed by atoms with Gasteiger partial charge in [-0.25, -0.2) is 0 Å². The first-order valence-corrected chi connectivity index (χ1v) is 7.19. The number of carbonyl (C=O) groups excluding carboxylic acids is 2. The molecule has 0 amide bonds. The van der Waals surface area contributed by atoms with Gasteiger partial charge in [0.05, 0.1) is 0 Å². The smallest absolute Gasteiger partial charge is 0.313 e. The molecule has 3 heteroatoms. The van der Waals surface area contributed by atoms with E-state index < -0.39 is 5.97 Å². The molecule has 0 spiro atoms. The maximum Gasteiger partial charge on any atom is 0.313 e. The number of hydrogen-bond donors (Lipinski definition) is 0. The Morgan fingerprint density at radius 1 is 0.909 bits per heavy atom. The van der Waals surface area contributed by atoms with E-state index in [4.69, 9.17) is 4.74 Å². The molecule has 0 N–H and O–H groups in total. The lowest BCUT2D eigenvalue weighted by Gasteiger charge is -2.12. The van der Waals surface area contributed by atoms with Gasteiger partial charge in [-0.05, 0) is 34.5 Å². The van der Waals surface area contributed by atoms with Gasteiger partial charge in [0, 0.05) is 5.56 Å². The molecule has 0 atom stereocenters. The van der Waals surface area contributed by atoms with E-state index in [-0.39, 0.29) is 18.8 Å². The molecule has 0 aliphatic rings. The normalized spacial score (nSPS) is 10.8. The van der Waals surface area contributed by atoms with Crippen LogP contribution in [-0.2, 0) is 20.9 Å². The molecule has 0 aliphatic carbocycles. The van der Waals surface area contributed by atoms with Crippen LogP contribution in [0.1, 0.15) is 18.9 Å². The Bertz CT molecular complexity index is 811. The first-order chi connectivity index (χ1) is 10.6. The van der Waals surface area contributed by atoms with Crippen LogP contribution in [-0.4, -0.2) is 11.8 Å². The first-order valence-electron chi connectivity index (χ1n) is 7.19. The van der Waals surface area contributed by atoms with Crippen molar-refractivity contribution in [2.45, 2.75) is 20.0 Å². The van der Waals surface area contributed by atoms with Crippen molar-refractivity contribution in [2.24, 2.45) is 0 Å². The van der Waals surface area contributed by atoms with Crippen molar-refractivity contribution in [1.29, 1.82) is 0 Å². The van der Waals surface area contributed by atoms with Crippen LogP contribution in [0.5, 0.6) is 0 Å². The molecule has 0 saturated heterocycles. The quantitative estimate of drug-likeness (QED) is 0.414. The Balaban J connectivity index is 2.04. The third-order valence-corrected chi connectivity index (χ3v) is 3.65. The fourth-order valence-corrected chi connectivity index (χ4v) is 2.67. The molecular weight excluding hydrogens is 276 g/mol. The average Bonchev–Trinajstić information content (AvgIpc) is 2.50. The minimum atomic E-state index is -0.482. The molecule has 0 saturated carbocycles. The van der Waals surface area contributed by atoms with Gasteiger partial charge in [-0.3, -0.25) is 9.59 Å². The standard InChI is InChI=1S/C19H16O3/c1-13(20)10-19(21)22-12-18-16-8-4-2-6-14(16)11-15-7-3-5-9-17(15)18/h2-9,11H,10,12H2,1H3. The van der Waals surface area contributed by atoms with Gasteiger partial charge >= 0.3 is 5.97 Å². The maximum atomic E-state index is 11.7. The number of fused-ring (bicyclic) bond motifs is 2. The van der Waals surface area contributed by atoms with Crippen LogP contribution in [0.15, 0.2) is 54.6 Å². The van der Waals surface area contributed by atoms with Crippen LogP contribution in [0.4, 0.5) is 0 Å². The summed E-state index contributed by atoms with van der Waals surface area (Å²) in [4.78, 5) is 22.6. The number of esters is 1. The molecule has 3 nitrogen and oxygen atoms in total. The summed E-state index contributed by atoms with van der Waals surface area (Å²) in [5, 5.41) is 4.35. The van der Waals surface area contributed by atoms with E-state index in [1.54, 1.807) is 0 Å². The summed E-state index contributed by atoms with van der Waals surface area (Å²) in [6.45, 7) is 1.56. The number of carbonyl (C=O) groups is 2. The van der Waals surface area contributed by atoms with Crippen molar-refractivity contribution in [3.8, 4) is 0 Å². The summed E-state index contributed by atoms with van der Waals surface area (Å²) in [6.07, 6.45) is -0.178. The van der Waals surface area contributed by atoms with Gasteiger partial charge in [0.15, 0.2) is 0 Å². The van der Waals surface area contributed by atoms with E-state index in [2.05, 4.69) is 6.07 Å². The van der Waals surface area contributed by atoms with E-state index in [1.807, 2.05) is 48.5 Å². The molecule has 3 aromatic carbocycles. The highest BCUT2D eigenvalue weighted by atomic mass is 16.5. The van der Waals surface area contributed by atoms with Crippen LogP contribution < -0.4 is 0 Å². The molecule has 0 aromatic heterocycles. The summed E-state index contributed by atoms with van der Waals surface area (Å²) in [7, 11) is 0. The van der Waals surface area contributed by atoms with E-state index in [9.17, 15) is 9.59 Å². The van der Waals surface area contributed by atoms with Crippen LogP contribution in [0, 0.1) is 0 Å². The Hall–Kier alpha value is -2.68. The third-order valence-electron chi connectivity index (χ3n) is 3.65. The molecule has 0 unspecified atom stereocenters. The summed E-state index contributed by atoms with van der Waals surface area (Å²) in [6, 6.07) is 18.2. The Kier molecular flexibility index (Phi) is 3.88. The molecule has 0 fully saturated rings. The van der Waals surface area contributed by atoms with Crippen LogP contribution in [0.3, 0.4) is 0 Å². The number of benzene rings is 3. The molecular formula is C19H16O3. The van der Waals surface area contributed by atoms with Crippen molar-refractivity contribution in [1.82, 2.24) is 0 Å². The Morgan fingerprint density at radius 3 is 2.00 bits per heavy atom. The molecule has 0 aliphatic heterocycles. The minimum absolute atomic E-state index is 0.175. The summed E-state index contributed by atoms with van der Waals surface area (Å²) >= 11 is 0. The lowest BCUT2D eigenvalue weighted by molar-refractivity contribution is -0.146. The molecule has 3 rings (SSSR count). The van der Waals surface area contributed by atoms with Crippen molar-refractivity contribution >= 4 is 33.3 Å². The van der Waals surface area contributed by atoms with E-state index in [0.717, 1.165) is 27.1 Å². The number of rotatable bonds is 4. The first kappa shape index (κ1) is 14.3. The van der Waals surface area contributed by atoms with E-state index in [1.165, 1.54) is 6.92 Å². The zero-order valence-electron chi connectivity index (χ0n) is 12.3. The molecule has 22 heavy (non-hydrogen) atoms. The third kappa shape index (κ3) is 2.84. The predicted octanol–water partition coefficient (Wildman–Crippen LogP) is 4.02. The van der Waals surface area contributed by atoms with Crippen LogP contribution in [0.2, 0.25) is 0 Å². The monoisotopic (exact) mass is 292 g/mol. The van der Waals surface area contributed by atoms with Gasteiger partial charge in [0.1, 0.15) is 18.8 Å². The average molecular weight is 292 g/mol. The van der Waals surface area contributed by atoms with Gasteiger partial charge in [0.2, 0.25) is 0 Å². The molecule has 0 radical (unpaired) electrons. The predicted molar refractivity (Wildman–Crippen MR) is 86.5 cm³/mol. The minimum Gasteiger partial charge on any atom is -0.460 e. The van der Waals surface area contributed by atoms with Crippen molar-refractivity contribution in [3.63, 3.8) is 0 Å². The topological polar surface area (TPSA) is 43.4 Å². The largest absolute Gasteiger partial charge is 0.460 e. The second kappa shape index (κ2) is 5.98. The van der Waals surface area contributed by atoms with Crippen molar-refractivity contribution < 1.29 is 14.3 Å². The molecule has 0 bridgehead atoms. The zero-order valence-corrected chi connectivity index (χ0v) is 12.3. The van der Waals surface area contributed by atoms with Crippen molar-refractivity contribution in [3.05, 3.63) is 60.2 Å². The van der Waals surface area contributed by atoms with Gasteiger partial charge in [-0.1, -0.05) is 48.5 Å². The molecule has 3 aromatic rings. The van der Waals surface area contributed by atoms with E-state index >= 15 is 0 Å². The Morgan fingerprint density at radius 2 is 1.45 bits per heavy atom. The fraction of sp³-hybridized carbons (Fsp3) is 0.158. The Labute approximate surface area is 128 Å². The van der Waals surface area contributed by atoms with Crippen LogP contribution >= 0.6 is 0 Å². The van der Waals surface area contributed by atoms with Gasteiger partial charge in [-0.2, -0.15) is 0 Å². The number of hydrogen-bond acceptors (Lipinski definition) is 3. The highest BCUT2D eigenvalue weighted by molar-refractivity contribution is 6.02. The van der Waals surface area contributed by atoms with Gasteiger partial charge < -0.3 is 4.74 Å². The lowest BCUT2D eigenvalue weighted by atomic mass is 9.97. The zero-order chi connectivity index (χ0) is 15.5. The van der Waals surface area contributed by atoms with Crippen LogP contribution in [0.25, 0.3) is 21.5 Å². The second-order valence-electron chi connectivity index (χ2n) is 5.34. The van der Waals surface area contributed by atoms with E-state index in [0.29, 0.717) is 0 Å². The van der Waals surface area contributed by atoms with Gasteiger partial charge in [-0.15, -0.1) is 0 Å². The summed E-state index contributed by atoms with van der Waals surface area (Å²) < 4.78 is 5.30. The van der Waals surface area contributed by atoms with Crippen molar-refractivity contribution in [2.75, 3.05) is 0 Å². The highest BCUT2D eigenvalue weighted by Crippen LogP contribution is 2.29. The summed E-state index contributed by atoms with van der Waals surface area (Å²) in [5.74, 6) is -0.669. The summed E-state index contributed by atoms with van der Waals surface area (Å²) in [5.41, 5.74) is 0.977. The highest BCUT2D eigenvalue weighted by Gasteiger charge is 2.11. The fourth-order valence-electron chi connectivity index (χ4n) is 2.67. The second-order valence-corrected chi connectivity index (χ2v) is 5.34. The number of ketones is 1. The molecule has 110 valence electrons. The number of Topliss-reactive ketones (excluding diaryl/α,β-unsaturated/α-hetero) is 1.